The first kappa shape index (κ1) is 8.13. The summed E-state index contributed by atoms with van der Waals surface area (Å²) in [6, 6.07) is 0.655. The van der Waals surface area contributed by atoms with Crippen LogP contribution in [0.3, 0.4) is 0 Å². The van der Waals surface area contributed by atoms with Crippen LogP contribution in [-0.4, -0.2) is 23.3 Å². The molecule has 1 aromatic rings. The molecule has 1 atom stereocenters. The summed E-state index contributed by atoms with van der Waals surface area (Å²) in [6.45, 7) is 1.16. The summed E-state index contributed by atoms with van der Waals surface area (Å²) in [5, 5.41) is 4.21. The Balaban J connectivity index is 1.74. The molecule has 2 rings (SSSR count). The molecule has 0 aliphatic carbocycles. The van der Waals surface area contributed by atoms with Gasteiger partial charge < -0.3 is 9.73 Å². The van der Waals surface area contributed by atoms with Gasteiger partial charge in [0.1, 0.15) is 6.26 Å². The maximum Gasteiger partial charge on any atom is 0.255 e. The molecule has 1 unspecified atom stereocenters. The number of nitrogens with one attached hydrogen (secondary N) is 1. The molecule has 0 aromatic carbocycles. The second kappa shape index (κ2) is 3.96. The van der Waals surface area contributed by atoms with E-state index in [0.717, 1.165) is 17.5 Å². The molecule has 1 aliphatic heterocycles. The highest BCUT2D eigenvalue weighted by atomic mass is 32.2. The summed E-state index contributed by atoms with van der Waals surface area (Å²) in [5.41, 5.74) is 0. The normalized spacial score (nSPS) is 23.2. The fraction of sp³-hybridized carbons (Fsp3) is 0.625. The van der Waals surface area contributed by atoms with Crippen molar-refractivity contribution in [3.63, 3.8) is 0 Å². The molecule has 1 fully saturated rings. The van der Waals surface area contributed by atoms with Crippen LogP contribution in [0.1, 0.15) is 12.8 Å². The molecular formula is C8H12N2OS. The highest BCUT2D eigenvalue weighted by Gasteiger charge is 2.14. The van der Waals surface area contributed by atoms with Crippen LogP contribution in [0.2, 0.25) is 0 Å². The Bertz CT molecular complexity index is 219. The lowest BCUT2D eigenvalue weighted by Crippen LogP contribution is -2.23. The van der Waals surface area contributed by atoms with Gasteiger partial charge in [0.2, 0.25) is 0 Å². The second-order valence-corrected chi connectivity index (χ2v) is 3.87. The van der Waals surface area contributed by atoms with E-state index in [-0.39, 0.29) is 0 Å². The van der Waals surface area contributed by atoms with Crippen LogP contribution in [0.15, 0.2) is 22.1 Å². The molecule has 0 bridgehead atoms. The maximum atomic E-state index is 5.12. The average Bonchev–Trinajstić information content (AvgIpc) is 2.74. The molecule has 1 saturated heterocycles. The fourth-order valence-corrected chi connectivity index (χ4v) is 2.24. The predicted octanol–water partition coefficient (Wildman–Crippen LogP) is 1.52. The first-order valence-corrected chi connectivity index (χ1v) is 5.19. The number of hydrogen-bond donors (Lipinski definition) is 1. The second-order valence-electron chi connectivity index (χ2n) is 2.90. The van der Waals surface area contributed by atoms with Crippen molar-refractivity contribution in [1.82, 2.24) is 10.3 Å². The highest BCUT2D eigenvalue weighted by Crippen LogP contribution is 2.18. The lowest BCUT2D eigenvalue weighted by Gasteiger charge is -2.06. The third-order valence-electron chi connectivity index (χ3n) is 1.98. The van der Waals surface area contributed by atoms with Gasteiger partial charge in [0.05, 0.1) is 6.20 Å². The minimum Gasteiger partial charge on any atom is -0.440 e. The Morgan fingerprint density at radius 1 is 1.75 bits per heavy atom. The van der Waals surface area contributed by atoms with Gasteiger partial charge in [-0.3, -0.25) is 0 Å². The molecular weight excluding hydrogens is 172 g/mol. The molecule has 0 spiro atoms. The molecule has 1 aromatic heterocycles. The molecule has 12 heavy (non-hydrogen) atoms. The zero-order valence-corrected chi connectivity index (χ0v) is 7.64. The van der Waals surface area contributed by atoms with E-state index >= 15 is 0 Å². The van der Waals surface area contributed by atoms with E-state index in [9.17, 15) is 0 Å². The standard InChI is InChI=1S/C8H12N2OS/c1-2-7(9-3-1)6-12-8-10-4-5-11-8/h4-5,7,9H,1-3,6H2. The van der Waals surface area contributed by atoms with E-state index < -0.39 is 0 Å². The van der Waals surface area contributed by atoms with Crippen molar-refractivity contribution in [2.75, 3.05) is 12.3 Å². The van der Waals surface area contributed by atoms with Gasteiger partial charge in [-0.1, -0.05) is 11.8 Å². The number of rotatable bonds is 3. The minimum atomic E-state index is 0.655. The fourth-order valence-electron chi connectivity index (χ4n) is 1.35. The van der Waals surface area contributed by atoms with Crippen molar-refractivity contribution >= 4 is 11.8 Å². The lowest BCUT2D eigenvalue weighted by molar-refractivity contribution is 0.453. The third-order valence-corrected chi connectivity index (χ3v) is 3.00. The SMILES string of the molecule is c1coc(SCC2CCCN2)n1. The quantitative estimate of drug-likeness (QED) is 0.723. The summed E-state index contributed by atoms with van der Waals surface area (Å²) >= 11 is 1.68. The van der Waals surface area contributed by atoms with Crippen molar-refractivity contribution in [3.05, 3.63) is 12.5 Å². The maximum absolute atomic E-state index is 5.12. The van der Waals surface area contributed by atoms with Crippen LogP contribution < -0.4 is 5.32 Å². The van der Waals surface area contributed by atoms with E-state index in [4.69, 9.17) is 4.42 Å². The van der Waals surface area contributed by atoms with Crippen molar-refractivity contribution in [1.29, 1.82) is 0 Å². The van der Waals surface area contributed by atoms with E-state index in [2.05, 4.69) is 10.3 Å². The number of oxazole rings is 1. The van der Waals surface area contributed by atoms with Gasteiger partial charge in [0.15, 0.2) is 0 Å². The summed E-state index contributed by atoms with van der Waals surface area (Å²) in [5.74, 6) is 1.07. The Kier molecular flexibility index (Phi) is 2.68. The average molecular weight is 184 g/mol. The van der Waals surface area contributed by atoms with Crippen LogP contribution in [-0.2, 0) is 0 Å². The molecule has 0 radical (unpaired) electrons. The van der Waals surface area contributed by atoms with Gasteiger partial charge in [-0.25, -0.2) is 4.98 Å². The number of hydrogen-bond acceptors (Lipinski definition) is 4. The molecule has 0 saturated carbocycles. The molecule has 1 N–H and O–H groups in total. The topological polar surface area (TPSA) is 38.1 Å². The predicted molar refractivity (Wildman–Crippen MR) is 48.3 cm³/mol. The zero-order chi connectivity index (χ0) is 8.23. The van der Waals surface area contributed by atoms with Gasteiger partial charge in [0.25, 0.3) is 5.22 Å². The van der Waals surface area contributed by atoms with Gasteiger partial charge in [-0.05, 0) is 19.4 Å². The first-order chi connectivity index (χ1) is 5.95. The molecule has 2 heterocycles. The molecule has 3 nitrogen and oxygen atoms in total. The lowest BCUT2D eigenvalue weighted by atomic mass is 10.3. The van der Waals surface area contributed by atoms with Crippen molar-refractivity contribution in [3.8, 4) is 0 Å². The van der Waals surface area contributed by atoms with Crippen LogP contribution in [0.4, 0.5) is 0 Å². The van der Waals surface area contributed by atoms with Gasteiger partial charge in [-0.2, -0.15) is 0 Å². The Labute approximate surface area is 75.9 Å². The van der Waals surface area contributed by atoms with Crippen molar-refractivity contribution in [2.24, 2.45) is 0 Å². The van der Waals surface area contributed by atoms with E-state index in [0.29, 0.717) is 6.04 Å². The molecule has 66 valence electrons. The summed E-state index contributed by atoms with van der Waals surface area (Å²) < 4.78 is 5.12. The Hall–Kier alpha value is -0.480. The monoisotopic (exact) mass is 184 g/mol. The summed E-state index contributed by atoms with van der Waals surface area (Å²) in [7, 11) is 0. The minimum absolute atomic E-state index is 0.655. The molecule has 0 amide bonds. The Morgan fingerprint density at radius 2 is 2.75 bits per heavy atom. The van der Waals surface area contributed by atoms with Crippen LogP contribution in [0.25, 0.3) is 0 Å². The van der Waals surface area contributed by atoms with Gasteiger partial charge in [0, 0.05) is 11.8 Å². The van der Waals surface area contributed by atoms with E-state index in [1.54, 1.807) is 24.2 Å². The third kappa shape index (κ3) is 2.01. The van der Waals surface area contributed by atoms with Gasteiger partial charge in [-0.15, -0.1) is 0 Å². The summed E-state index contributed by atoms with van der Waals surface area (Å²) in [4.78, 5) is 4.05. The summed E-state index contributed by atoms with van der Waals surface area (Å²) in [6.07, 6.45) is 5.89. The Morgan fingerprint density at radius 3 is 3.42 bits per heavy atom. The molecule has 4 heteroatoms. The first-order valence-electron chi connectivity index (χ1n) is 4.21. The van der Waals surface area contributed by atoms with E-state index in [1.165, 1.54) is 12.8 Å². The zero-order valence-electron chi connectivity index (χ0n) is 6.82. The number of thioether (sulfide) groups is 1. The largest absolute Gasteiger partial charge is 0.440 e. The number of nitrogens with zero attached hydrogens (tertiary/aromatic N) is 1. The van der Waals surface area contributed by atoms with Crippen LogP contribution in [0.5, 0.6) is 0 Å². The highest BCUT2D eigenvalue weighted by molar-refractivity contribution is 7.99. The number of aromatic nitrogens is 1. The van der Waals surface area contributed by atoms with Crippen molar-refractivity contribution < 1.29 is 4.42 Å². The van der Waals surface area contributed by atoms with Crippen molar-refractivity contribution in [2.45, 2.75) is 24.1 Å². The van der Waals surface area contributed by atoms with Crippen LogP contribution >= 0.6 is 11.8 Å². The van der Waals surface area contributed by atoms with E-state index in [1.807, 2.05) is 0 Å². The molecule has 1 aliphatic rings. The van der Waals surface area contributed by atoms with Crippen LogP contribution in [0, 0.1) is 0 Å². The smallest absolute Gasteiger partial charge is 0.255 e. The van der Waals surface area contributed by atoms with Gasteiger partial charge >= 0.3 is 0 Å².